The largest absolute Gasteiger partial charge is 0.417 e. The summed E-state index contributed by atoms with van der Waals surface area (Å²) in [6.45, 7) is 2.36. The van der Waals surface area contributed by atoms with Gasteiger partial charge in [0, 0.05) is 0 Å². The van der Waals surface area contributed by atoms with Gasteiger partial charge >= 0.3 is 6.18 Å². The molecule has 1 aromatic rings. The number of carbonyl (C=O) groups excluding carboxylic acids is 1. The number of aryl methyl sites for hydroxylation is 1. The second-order valence-electron chi connectivity index (χ2n) is 5.63. The summed E-state index contributed by atoms with van der Waals surface area (Å²) < 4.78 is 66.9. The van der Waals surface area contributed by atoms with Gasteiger partial charge in [-0.3, -0.25) is 4.79 Å². The Kier molecular flexibility index (Phi) is 4.22. The quantitative estimate of drug-likeness (QED) is 0.886. The van der Waals surface area contributed by atoms with Crippen molar-refractivity contribution in [3.05, 3.63) is 11.9 Å². The van der Waals surface area contributed by atoms with Crippen LogP contribution < -0.4 is 5.32 Å². The summed E-state index contributed by atoms with van der Waals surface area (Å²) in [6.07, 6.45) is -4.22. The summed E-state index contributed by atoms with van der Waals surface area (Å²) in [7, 11) is -3.62. The molecule has 1 saturated heterocycles. The lowest BCUT2D eigenvalue weighted by atomic mass is 10.0. The maximum Gasteiger partial charge on any atom is 0.417 e. The van der Waals surface area contributed by atoms with Crippen molar-refractivity contribution in [1.29, 1.82) is 0 Å². The monoisotopic (exact) mass is 355 g/mol. The van der Waals surface area contributed by atoms with E-state index in [-0.39, 0.29) is 24.2 Å². The molecular weight excluding hydrogens is 339 g/mol. The van der Waals surface area contributed by atoms with Gasteiger partial charge in [0.25, 0.3) is 15.9 Å². The molecule has 1 amide bonds. The van der Waals surface area contributed by atoms with Crippen LogP contribution in [-0.2, 0) is 19.6 Å². The van der Waals surface area contributed by atoms with Gasteiger partial charge in [0.2, 0.25) is 0 Å². The molecule has 0 bridgehead atoms. The van der Waals surface area contributed by atoms with Crippen molar-refractivity contribution in [3.63, 3.8) is 0 Å². The van der Waals surface area contributed by atoms with Crippen LogP contribution in [0.25, 0.3) is 0 Å². The van der Waals surface area contributed by atoms with Gasteiger partial charge in [0.1, 0.15) is 6.10 Å². The van der Waals surface area contributed by atoms with Crippen LogP contribution in [-0.4, -0.2) is 47.6 Å². The predicted octanol–water partition coefficient (Wildman–Crippen LogP) is 1.44. The fourth-order valence-corrected chi connectivity index (χ4v) is 2.74. The van der Waals surface area contributed by atoms with Crippen LogP contribution in [0.3, 0.4) is 0 Å². The molecule has 1 fully saturated rings. The summed E-state index contributed by atoms with van der Waals surface area (Å²) in [5.41, 5.74) is -2.04. The molecule has 2 atom stereocenters. The van der Waals surface area contributed by atoms with Crippen molar-refractivity contribution in [2.24, 2.45) is 0 Å². The molecule has 2 heterocycles. The van der Waals surface area contributed by atoms with E-state index in [1.807, 2.05) is 0 Å². The Balaban J connectivity index is 2.11. The molecule has 1 N–H and O–H groups in total. The predicted molar refractivity (Wildman–Crippen MR) is 74.4 cm³/mol. The SMILES string of the molecule is Cc1nn(S(C)(=O)=O)cc1NC(=O)C1CCC(C)(C(F)(F)F)O1. The van der Waals surface area contributed by atoms with Gasteiger partial charge in [-0.05, 0) is 26.7 Å². The molecule has 0 spiro atoms. The van der Waals surface area contributed by atoms with Crippen LogP contribution in [0, 0.1) is 6.92 Å². The second-order valence-corrected chi connectivity index (χ2v) is 7.47. The molecule has 0 aromatic carbocycles. The van der Waals surface area contributed by atoms with Gasteiger partial charge in [0.15, 0.2) is 5.60 Å². The number of aromatic nitrogens is 2. The van der Waals surface area contributed by atoms with Crippen molar-refractivity contribution in [2.45, 2.75) is 44.6 Å². The lowest BCUT2D eigenvalue weighted by molar-refractivity contribution is -0.261. The molecule has 130 valence electrons. The van der Waals surface area contributed by atoms with Crippen molar-refractivity contribution in [3.8, 4) is 0 Å². The highest BCUT2D eigenvalue weighted by Gasteiger charge is 2.57. The molecule has 11 heteroatoms. The molecule has 0 aliphatic carbocycles. The van der Waals surface area contributed by atoms with Gasteiger partial charge in [0.05, 0.1) is 23.8 Å². The van der Waals surface area contributed by atoms with Crippen LogP contribution >= 0.6 is 0 Å². The minimum atomic E-state index is -4.57. The average molecular weight is 355 g/mol. The number of nitrogens with zero attached hydrogens (tertiary/aromatic N) is 2. The standard InChI is InChI=1S/C12H16F3N3O4S/c1-7-8(6-18(17-7)23(3,20)21)16-10(19)9-4-5-11(2,22-9)12(13,14)15/h6,9H,4-5H2,1-3H3,(H,16,19). The van der Waals surface area contributed by atoms with E-state index in [0.29, 0.717) is 4.09 Å². The first kappa shape index (κ1) is 17.7. The minimum Gasteiger partial charge on any atom is -0.353 e. The Morgan fingerprint density at radius 3 is 2.57 bits per heavy atom. The smallest absolute Gasteiger partial charge is 0.353 e. The summed E-state index contributed by atoms with van der Waals surface area (Å²) in [4.78, 5) is 12.1. The van der Waals surface area contributed by atoms with E-state index in [2.05, 4.69) is 10.4 Å². The number of ether oxygens (including phenoxy) is 1. The van der Waals surface area contributed by atoms with E-state index in [1.165, 1.54) is 6.92 Å². The first-order chi connectivity index (χ1) is 10.3. The maximum absolute atomic E-state index is 12.9. The number of carbonyl (C=O) groups is 1. The van der Waals surface area contributed by atoms with Crippen LogP contribution in [0.4, 0.5) is 18.9 Å². The Morgan fingerprint density at radius 2 is 2.13 bits per heavy atom. The Morgan fingerprint density at radius 1 is 1.52 bits per heavy atom. The summed E-state index contributed by atoms with van der Waals surface area (Å²) in [6, 6.07) is 0. The van der Waals surface area contributed by atoms with Crippen LogP contribution in [0.5, 0.6) is 0 Å². The minimum absolute atomic E-state index is 0.0822. The fraction of sp³-hybridized carbons (Fsp3) is 0.667. The van der Waals surface area contributed by atoms with E-state index in [0.717, 1.165) is 19.4 Å². The Bertz CT molecular complexity index is 728. The van der Waals surface area contributed by atoms with E-state index in [9.17, 15) is 26.4 Å². The van der Waals surface area contributed by atoms with Crippen LogP contribution in [0.1, 0.15) is 25.5 Å². The van der Waals surface area contributed by atoms with Gasteiger partial charge < -0.3 is 10.1 Å². The number of anilines is 1. The summed E-state index contributed by atoms with van der Waals surface area (Å²) in [5.74, 6) is -0.769. The highest BCUT2D eigenvalue weighted by atomic mass is 32.2. The molecule has 7 nitrogen and oxygen atoms in total. The van der Waals surface area contributed by atoms with Crippen LogP contribution in [0.15, 0.2) is 6.20 Å². The summed E-state index contributed by atoms with van der Waals surface area (Å²) in [5, 5.41) is 6.08. The third-order valence-corrected chi connectivity index (χ3v) is 4.52. The fourth-order valence-electron chi connectivity index (χ4n) is 2.17. The van der Waals surface area contributed by atoms with Crippen molar-refractivity contribution >= 4 is 21.6 Å². The lowest BCUT2D eigenvalue weighted by Gasteiger charge is -2.27. The van der Waals surface area contributed by atoms with Gasteiger partial charge in [-0.1, -0.05) is 0 Å². The van der Waals surface area contributed by atoms with Gasteiger partial charge in [-0.2, -0.15) is 22.4 Å². The molecule has 0 saturated carbocycles. The summed E-state index contributed by atoms with van der Waals surface area (Å²) >= 11 is 0. The normalized spacial score (nSPS) is 25.6. The highest BCUT2D eigenvalue weighted by molar-refractivity contribution is 7.89. The number of amides is 1. The zero-order chi connectivity index (χ0) is 17.6. The number of hydrogen-bond acceptors (Lipinski definition) is 5. The van der Waals surface area contributed by atoms with Gasteiger partial charge in [-0.15, -0.1) is 0 Å². The second kappa shape index (κ2) is 5.48. The zero-order valence-electron chi connectivity index (χ0n) is 12.6. The first-order valence-corrected chi connectivity index (χ1v) is 8.50. The highest BCUT2D eigenvalue weighted by Crippen LogP contribution is 2.43. The van der Waals surface area contributed by atoms with Crippen molar-refractivity contribution in [1.82, 2.24) is 9.19 Å². The first-order valence-electron chi connectivity index (χ1n) is 6.66. The molecule has 23 heavy (non-hydrogen) atoms. The maximum atomic E-state index is 12.9. The lowest BCUT2D eigenvalue weighted by Crippen LogP contribution is -2.43. The van der Waals surface area contributed by atoms with E-state index in [1.54, 1.807) is 0 Å². The molecule has 1 aromatic heterocycles. The molecule has 1 aliphatic rings. The number of halogens is 3. The van der Waals surface area contributed by atoms with Gasteiger partial charge in [-0.25, -0.2) is 8.42 Å². The Labute approximate surface area is 130 Å². The van der Waals surface area contributed by atoms with Crippen molar-refractivity contribution in [2.75, 3.05) is 11.6 Å². The van der Waals surface area contributed by atoms with E-state index >= 15 is 0 Å². The molecule has 1 aliphatic heterocycles. The van der Waals surface area contributed by atoms with Crippen molar-refractivity contribution < 1.29 is 31.1 Å². The average Bonchev–Trinajstić information content (AvgIpc) is 2.94. The third kappa shape index (κ3) is 3.50. The molecule has 2 unspecified atom stereocenters. The number of hydrogen-bond donors (Lipinski definition) is 1. The zero-order valence-corrected chi connectivity index (χ0v) is 13.5. The molecular formula is C12H16F3N3O4S. The number of alkyl halides is 3. The Hall–Kier alpha value is -1.62. The van der Waals surface area contributed by atoms with Crippen LogP contribution in [0.2, 0.25) is 0 Å². The topological polar surface area (TPSA) is 90.3 Å². The van der Waals surface area contributed by atoms with E-state index in [4.69, 9.17) is 4.74 Å². The number of rotatable bonds is 3. The number of nitrogens with one attached hydrogen (secondary N) is 1. The molecule has 2 rings (SSSR count). The molecule has 0 radical (unpaired) electrons. The third-order valence-electron chi connectivity index (χ3n) is 3.65. The van der Waals surface area contributed by atoms with E-state index < -0.39 is 33.8 Å².